The minimum atomic E-state index is -0.821. The maximum absolute atomic E-state index is 13.4. The van der Waals surface area contributed by atoms with Crippen LogP contribution < -0.4 is 9.47 Å². The topological polar surface area (TPSA) is 102 Å². The molecule has 9 nitrogen and oxygen atoms in total. The van der Waals surface area contributed by atoms with E-state index in [1.807, 2.05) is 30.3 Å². The third-order valence-corrected chi connectivity index (χ3v) is 6.79. The zero-order valence-electron chi connectivity index (χ0n) is 21.2. The third-order valence-electron chi connectivity index (χ3n) is 6.79. The van der Waals surface area contributed by atoms with E-state index in [4.69, 9.17) is 18.6 Å². The van der Waals surface area contributed by atoms with Crippen LogP contribution in [0.3, 0.4) is 0 Å². The summed E-state index contributed by atoms with van der Waals surface area (Å²) in [6.07, 6.45) is 1.38. The Morgan fingerprint density at radius 2 is 1.82 bits per heavy atom. The van der Waals surface area contributed by atoms with Gasteiger partial charge in [-0.15, -0.1) is 0 Å². The van der Waals surface area contributed by atoms with Crippen LogP contribution in [0.25, 0.3) is 0 Å². The van der Waals surface area contributed by atoms with Crippen molar-refractivity contribution in [3.8, 4) is 11.5 Å². The number of Topliss-reactive ketones (excluding diaryl/α,β-unsaturated/α-hetero) is 1. The number of hydrogen-bond donors (Lipinski definition) is 1. The van der Waals surface area contributed by atoms with Crippen molar-refractivity contribution in [1.82, 2.24) is 9.80 Å². The average Bonchev–Trinajstić information content (AvgIpc) is 3.59. The first kappa shape index (κ1) is 25.6. The summed E-state index contributed by atoms with van der Waals surface area (Å²) in [5.41, 5.74) is 1.60. The van der Waals surface area contributed by atoms with Gasteiger partial charge in [0.15, 0.2) is 23.0 Å². The molecule has 0 radical (unpaired) electrons. The Morgan fingerprint density at radius 3 is 2.53 bits per heavy atom. The van der Waals surface area contributed by atoms with Crippen LogP contribution in [0.1, 0.15) is 27.7 Å². The zero-order valence-corrected chi connectivity index (χ0v) is 21.2. The van der Waals surface area contributed by atoms with Crippen LogP contribution in [0.2, 0.25) is 0 Å². The zero-order chi connectivity index (χ0) is 26.5. The Morgan fingerprint density at radius 1 is 1.03 bits per heavy atom. The highest BCUT2D eigenvalue weighted by molar-refractivity contribution is 6.15. The number of benzene rings is 2. The molecule has 0 spiro atoms. The maximum atomic E-state index is 13.4. The molecular weight excluding hydrogens is 488 g/mol. The summed E-state index contributed by atoms with van der Waals surface area (Å²) in [5, 5.41) is 10.9. The minimum Gasteiger partial charge on any atom is -0.503 e. The average molecular weight is 519 g/mol. The Hall–Kier alpha value is -4.08. The molecule has 2 aliphatic heterocycles. The number of nitrogens with zero attached hydrogens (tertiary/aromatic N) is 2. The number of aliphatic hydroxyl groups is 1. The van der Waals surface area contributed by atoms with Crippen molar-refractivity contribution in [2.75, 3.05) is 46.5 Å². The summed E-state index contributed by atoms with van der Waals surface area (Å²) in [4.78, 5) is 30.4. The maximum Gasteiger partial charge on any atom is 0.290 e. The highest BCUT2D eigenvalue weighted by atomic mass is 16.5. The molecule has 0 aliphatic carbocycles. The van der Waals surface area contributed by atoms with Crippen molar-refractivity contribution in [2.45, 2.75) is 12.6 Å². The minimum absolute atomic E-state index is 0.0214. The normalized spacial score (nSPS) is 18.2. The van der Waals surface area contributed by atoms with Gasteiger partial charge in [0, 0.05) is 26.2 Å². The second-order valence-electron chi connectivity index (χ2n) is 9.11. The van der Waals surface area contributed by atoms with E-state index in [2.05, 4.69) is 4.90 Å². The molecular formula is C29H30N2O7. The van der Waals surface area contributed by atoms with Gasteiger partial charge in [0.1, 0.15) is 6.61 Å². The van der Waals surface area contributed by atoms with Gasteiger partial charge in [-0.1, -0.05) is 36.4 Å². The van der Waals surface area contributed by atoms with Crippen LogP contribution in [-0.2, 0) is 16.1 Å². The van der Waals surface area contributed by atoms with E-state index in [0.717, 1.165) is 18.7 Å². The number of morpholine rings is 1. The monoisotopic (exact) mass is 518 g/mol. The first-order chi connectivity index (χ1) is 18.6. The first-order valence-corrected chi connectivity index (χ1v) is 12.5. The number of ketones is 1. The van der Waals surface area contributed by atoms with Crippen molar-refractivity contribution >= 4 is 11.7 Å². The van der Waals surface area contributed by atoms with Crippen molar-refractivity contribution in [2.24, 2.45) is 0 Å². The molecule has 2 aromatic carbocycles. The van der Waals surface area contributed by atoms with Crippen LogP contribution in [0.15, 0.2) is 82.7 Å². The Bertz CT molecular complexity index is 1300. The van der Waals surface area contributed by atoms with E-state index in [9.17, 15) is 14.7 Å². The lowest BCUT2D eigenvalue weighted by Crippen LogP contribution is -2.43. The van der Waals surface area contributed by atoms with Crippen molar-refractivity contribution < 1.29 is 33.3 Å². The van der Waals surface area contributed by atoms with E-state index < -0.39 is 23.5 Å². The molecule has 1 atom stereocenters. The summed E-state index contributed by atoms with van der Waals surface area (Å²) < 4.78 is 22.3. The molecule has 5 rings (SSSR count). The number of carbonyl (C=O) groups excluding carboxylic acids is 2. The lowest BCUT2D eigenvalue weighted by molar-refractivity contribution is -0.129. The molecule has 1 fully saturated rings. The van der Waals surface area contributed by atoms with Gasteiger partial charge in [0.2, 0.25) is 5.78 Å². The van der Waals surface area contributed by atoms with Gasteiger partial charge in [0.25, 0.3) is 5.91 Å². The summed E-state index contributed by atoms with van der Waals surface area (Å²) in [5.74, 6) is -0.674. The number of furan rings is 1. The van der Waals surface area contributed by atoms with Gasteiger partial charge in [-0.2, -0.15) is 0 Å². The standard InChI is InChI=1S/C29H30N2O7/c1-35-24-18-21(9-10-22(24)38-19-20-6-3-2-4-7-20)26-25(27(32)23-8-5-15-37-23)28(33)29(34)31(26)12-11-30-13-16-36-17-14-30/h2-10,15,18,26,33H,11-14,16-17,19H2,1H3. The molecule has 9 heteroatoms. The van der Waals surface area contributed by atoms with E-state index in [-0.39, 0.29) is 11.3 Å². The molecule has 0 bridgehead atoms. The van der Waals surface area contributed by atoms with Gasteiger partial charge in [0.05, 0.1) is 38.2 Å². The van der Waals surface area contributed by atoms with Crippen LogP contribution >= 0.6 is 0 Å². The van der Waals surface area contributed by atoms with E-state index in [0.29, 0.717) is 50.0 Å². The van der Waals surface area contributed by atoms with E-state index >= 15 is 0 Å². The Labute approximate surface area is 220 Å². The van der Waals surface area contributed by atoms with Crippen molar-refractivity contribution in [1.29, 1.82) is 0 Å². The molecule has 1 unspecified atom stereocenters. The smallest absolute Gasteiger partial charge is 0.290 e. The van der Waals surface area contributed by atoms with Gasteiger partial charge >= 0.3 is 0 Å². The highest BCUT2D eigenvalue weighted by Crippen LogP contribution is 2.41. The van der Waals surface area contributed by atoms with E-state index in [1.54, 1.807) is 24.3 Å². The first-order valence-electron chi connectivity index (χ1n) is 12.5. The van der Waals surface area contributed by atoms with Gasteiger partial charge < -0.3 is 28.6 Å². The molecule has 1 saturated heterocycles. The summed E-state index contributed by atoms with van der Waals surface area (Å²) in [7, 11) is 1.53. The molecule has 1 aromatic heterocycles. The largest absolute Gasteiger partial charge is 0.503 e. The number of rotatable bonds is 10. The molecule has 3 heterocycles. The summed E-state index contributed by atoms with van der Waals surface area (Å²) in [6.45, 7) is 4.02. The quantitative estimate of drug-likeness (QED) is 0.405. The number of methoxy groups -OCH3 is 1. The predicted molar refractivity (Wildman–Crippen MR) is 138 cm³/mol. The second kappa shape index (κ2) is 11.5. The number of ether oxygens (including phenoxy) is 3. The Balaban J connectivity index is 1.45. The van der Waals surface area contributed by atoms with Crippen molar-refractivity contribution in [3.05, 3.63) is 95.1 Å². The molecule has 0 saturated carbocycles. The molecule has 3 aromatic rings. The summed E-state index contributed by atoms with van der Waals surface area (Å²) in [6, 6.07) is 17.3. The fourth-order valence-corrected chi connectivity index (χ4v) is 4.79. The fourth-order valence-electron chi connectivity index (χ4n) is 4.79. The summed E-state index contributed by atoms with van der Waals surface area (Å²) >= 11 is 0. The molecule has 38 heavy (non-hydrogen) atoms. The van der Waals surface area contributed by atoms with Gasteiger partial charge in [-0.05, 0) is 35.4 Å². The van der Waals surface area contributed by atoms with Gasteiger partial charge in [-0.3, -0.25) is 14.5 Å². The Kier molecular flexibility index (Phi) is 7.76. The highest BCUT2D eigenvalue weighted by Gasteiger charge is 2.44. The fraction of sp³-hybridized carbons (Fsp3) is 0.310. The molecule has 1 amide bonds. The molecule has 1 N–H and O–H groups in total. The predicted octanol–water partition coefficient (Wildman–Crippen LogP) is 3.78. The number of carbonyl (C=O) groups is 2. The lowest BCUT2D eigenvalue weighted by atomic mass is 9.94. The SMILES string of the molecule is COc1cc(C2C(C(=O)c3ccco3)=C(O)C(=O)N2CCN2CCOCC2)ccc1OCc1ccccc1. The number of hydrogen-bond acceptors (Lipinski definition) is 8. The lowest BCUT2D eigenvalue weighted by Gasteiger charge is -2.31. The molecule has 198 valence electrons. The third kappa shape index (κ3) is 5.29. The number of aliphatic hydroxyl groups excluding tert-OH is 1. The van der Waals surface area contributed by atoms with Crippen LogP contribution in [-0.4, -0.2) is 73.1 Å². The van der Waals surface area contributed by atoms with E-state index in [1.165, 1.54) is 24.3 Å². The van der Waals surface area contributed by atoms with Crippen LogP contribution in [0.5, 0.6) is 11.5 Å². The molecule has 2 aliphatic rings. The van der Waals surface area contributed by atoms with Crippen molar-refractivity contribution in [3.63, 3.8) is 0 Å². The van der Waals surface area contributed by atoms with Crippen LogP contribution in [0, 0.1) is 0 Å². The second-order valence-corrected chi connectivity index (χ2v) is 9.11. The number of amides is 1. The van der Waals surface area contributed by atoms with Crippen LogP contribution in [0.4, 0.5) is 0 Å². The van der Waals surface area contributed by atoms with Gasteiger partial charge in [-0.25, -0.2) is 0 Å².